The first-order valence-corrected chi connectivity index (χ1v) is 6.22. The number of furan rings is 1. The molecule has 1 aliphatic heterocycles. The van der Waals surface area contributed by atoms with Gasteiger partial charge in [0.2, 0.25) is 0 Å². The number of phenols is 1. The molecule has 0 aliphatic carbocycles. The van der Waals surface area contributed by atoms with Crippen LogP contribution in [0.3, 0.4) is 0 Å². The molecule has 2 heterocycles. The third-order valence-electron chi connectivity index (χ3n) is 3.28. The fourth-order valence-electron chi connectivity index (χ4n) is 2.35. The molecular formula is C15H16N2O2. The smallest absolute Gasteiger partial charge is 0.127 e. The lowest BCUT2D eigenvalue weighted by molar-refractivity contribution is 0.453. The van der Waals surface area contributed by atoms with Crippen LogP contribution in [0.2, 0.25) is 0 Å². The second-order valence-corrected chi connectivity index (χ2v) is 4.82. The predicted octanol–water partition coefficient (Wildman–Crippen LogP) is 2.79. The Morgan fingerprint density at radius 1 is 1.26 bits per heavy atom. The fourth-order valence-corrected chi connectivity index (χ4v) is 2.35. The van der Waals surface area contributed by atoms with E-state index in [1.165, 1.54) is 0 Å². The number of hydrogen-bond donors (Lipinski definition) is 3. The maximum atomic E-state index is 10.2. The number of hydrogen-bond acceptors (Lipinski definition) is 4. The van der Waals surface area contributed by atoms with E-state index in [0.717, 1.165) is 28.1 Å². The van der Waals surface area contributed by atoms with Crippen LogP contribution in [0.5, 0.6) is 5.75 Å². The van der Waals surface area contributed by atoms with E-state index in [9.17, 15) is 5.11 Å². The summed E-state index contributed by atoms with van der Waals surface area (Å²) < 4.78 is 5.37. The Kier molecular flexibility index (Phi) is 2.80. The molecule has 1 atom stereocenters. The minimum Gasteiger partial charge on any atom is -0.507 e. The van der Waals surface area contributed by atoms with Gasteiger partial charge in [-0.3, -0.25) is 0 Å². The van der Waals surface area contributed by atoms with Gasteiger partial charge in [-0.15, -0.1) is 0 Å². The molecule has 0 bridgehead atoms. The number of hydrazine groups is 1. The number of rotatable bonds is 2. The highest BCUT2D eigenvalue weighted by molar-refractivity contribution is 5.72. The van der Waals surface area contributed by atoms with E-state index in [1.54, 1.807) is 6.26 Å². The molecule has 4 nitrogen and oxygen atoms in total. The molecular weight excluding hydrogens is 240 g/mol. The maximum Gasteiger partial charge on any atom is 0.127 e. The molecule has 1 unspecified atom stereocenters. The van der Waals surface area contributed by atoms with E-state index in [0.29, 0.717) is 5.75 Å². The zero-order valence-corrected chi connectivity index (χ0v) is 10.9. The number of aromatic hydroxyl groups is 1. The molecule has 0 fully saturated rings. The standard InChI is InChI=1S/C15H16N2O2/c1-9-6-10(2)15(18)11(7-9)12-8-13(17-16-12)14-4-3-5-19-14/h3-8,13,16-18H,1-2H3. The molecule has 4 heteroatoms. The summed E-state index contributed by atoms with van der Waals surface area (Å²) in [6, 6.07) is 7.68. The molecule has 19 heavy (non-hydrogen) atoms. The number of phenolic OH excluding ortho intramolecular Hbond substituents is 1. The van der Waals surface area contributed by atoms with Crippen molar-refractivity contribution in [1.82, 2.24) is 10.9 Å². The van der Waals surface area contributed by atoms with Crippen molar-refractivity contribution in [2.45, 2.75) is 19.9 Å². The van der Waals surface area contributed by atoms with Crippen LogP contribution in [0.25, 0.3) is 5.70 Å². The van der Waals surface area contributed by atoms with E-state index < -0.39 is 0 Å². The van der Waals surface area contributed by atoms with Crippen molar-refractivity contribution < 1.29 is 9.52 Å². The summed E-state index contributed by atoms with van der Waals surface area (Å²) in [6.07, 6.45) is 3.66. The quantitative estimate of drug-likeness (QED) is 0.773. The highest BCUT2D eigenvalue weighted by Gasteiger charge is 2.21. The predicted molar refractivity (Wildman–Crippen MR) is 73.3 cm³/mol. The SMILES string of the molecule is Cc1cc(C)c(O)c(C2=CC(c3ccco3)NN2)c1. The van der Waals surface area contributed by atoms with Crippen molar-refractivity contribution >= 4 is 5.70 Å². The van der Waals surface area contributed by atoms with Gasteiger partial charge in [0.25, 0.3) is 0 Å². The van der Waals surface area contributed by atoms with Crippen LogP contribution in [0.4, 0.5) is 0 Å². The first kappa shape index (κ1) is 11.9. The molecule has 98 valence electrons. The van der Waals surface area contributed by atoms with Crippen LogP contribution in [0.15, 0.2) is 41.0 Å². The molecule has 1 aliphatic rings. The summed E-state index contributed by atoms with van der Waals surface area (Å²) in [5.74, 6) is 1.15. The van der Waals surface area contributed by atoms with Gasteiger partial charge < -0.3 is 14.9 Å². The highest BCUT2D eigenvalue weighted by atomic mass is 16.3. The topological polar surface area (TPSA) is 57.4 Å². The molecule has 0 radical (unpaired) electrons. The molecule has 0 saturated carbocycles. The first-order chi connectivity index (χ1) is 9.15. The normalized spacial score (nSPS) is 18.2. The van der Waals surface area contributed by atoms with Gasteiger partial charge in [-0.25, -0.2) is 5.43 Å². The van der Waals surface area contributed by atoms with Crippen molar-refractivity contribution in [3.63, 3.8) is 0 Å². The number of nitrogens with one attached hydrogen (secondary N) is 2. The van der Waals surface area contributed by atoms with Crippen LogP contribution in [-0.4, -0.2) is 5.11 Å². The van der Waals surface area contributed by atoms with Crippen molar-refractivity contribution in [1.29, 1.82) is 0 Å². The van der Waals surface area contributed by atoms with Crippen molar-refractivity contribution in [3.05, 3.63) is 59.1 Å². The third kappa shape index (κ3) is 2.11. The van der Waals surface area contributed by atoms with Crippen LogP contribution in [0.1, 0.15) is 28.5 Å². The van der Waals surface area contributed by atoms with E-state index >= 15 is 0 Å². The van der Waals surface area contributed by atoms with Crippen LogP contribution >= 0.6 is 0 Å². The Morgan fingerprint density at radius 3 is 2.84 bits per heavy atom. The Bertz CT molecular complexity index is 630. The van der Waals surface area contributed by atoms with Crippen molar-refractivity contribution in [2.75, 3.05) is 0 Å². The first-order valence-electron chi connectivity index (χ1n) is 6.22. The summed E-state index contributed by atoms with van der Waals surface area (Å²) in [6.45, 7) is 3.92. The Labute approximate surface area is 111 Å². The molecule has 3 N–H and O–H groups in total. The minimum atomic E-state index is -0.0229. The largest absolute Gasteiger partial charge is 0.507 e. The zero-order valence-electron chi connectivity index (χ0n) is 10.9. The van der Waals surface area contributed by atoms with Gasteiger partial charge in [0, 0.05) is 5.56 Å². The van der Waals surface area contributed by atoms with Gasteiger partial charge in [0.1, 0.15) is 17.6 Å². The minimum absolute atomic E-state index is 0.0229. The van der Waals surface area contributed by atoms with Crippen molar-refractivity contribution in [2.24, 2.45) is 0 Å². The Hall–Kier alpha value is -2.20. The Morgan fingerprint density at radius 2 is 2.11 bits per heavy atom. The average molecular weight is 256 g/mol. The number of aryl methyl sites for hydroxylation is 2. The molecule has 0 spiro atoms. The Balaban J connectivity index is 1.98. The molecule has 3 rings (SSSR count). The average Bonchev–Trinajstić information content (AvgIpc) is 3.03. The van der Waals surface area contributed by atoms with Crippen LogP contribution in [-0.2, 0) is 0 Å². The molecule has 1 aromatic heterocycles. The van der Waals surface area contributed by atoms with Gasteiger partial charge in [-0.05, 0) is 49.2 Å². The van der Waals surface area contributed by atoms with Crippen LogP contribution in [0, 0.1) is 13.8 Å². The molecule has 1 aromatic carbocycles. The third-order valence-corrected chi connectivity index (χ3v) is 3.28. The summed E-state index contributed by atoms with van der Waals surface area (Å²) in [5, 5.41) is 10.2. The maximum absolute atomic E-state index is 10.2. The molecule has 2 aromatic rings. The number of benzene rings is 1. The monoisotopic (exact) mass is 256 g/mol. The fraction of sp³-hybridized carbons (Fsp3) is 0.200. The van der Waals surface area contributed by atoms with Gasteiger partial charge in [-0.1, -0.05) is 6.07 Å². The highest BCUT2D eigenvalue weighted by Crippen LogP contribution is 2.32. The summed E-state index contributed by atoms with van der Waals surface area (Å²) >= 11 is 0. The van der Waals surface area contributed by atoms with Gasteiger partial charge >= 0.3 is 0 Å². The summed E-state index contributed by atoms with van der Waals surface area (Å²) in [4.78, 5) is 0. The van der Waals surface area contributed by atoms with Crippen molar-refractivity contribution in [3.8, 4) is 5.75 Å². The van der Waals surface area contributed by atoms with E-state index in [4.69, 9.17) is 4.42 Å². The summed E-state index contributed by atoms with van der Waals surface area (Å²) in [5.41, 5.74) is 9.89. The lowest BCUT2D eigenvalue weighted by Gasteiger charge is -2.10. The zero-order chi connectivity index (χ0) is 13.4. The van der Waals surface area contributed by atoms with Gasteiger partial charge in [-0.2, -0.15) is 0 Å². The van der Waals surface area contributed by atoms with E-state index in [2.05, 4.69) is 10.9 Å². The second-order valence-electron chi connectivity index (χ2n) is 4.82. The second kappa shape index (κ2) is 4.48. The lowest BCUT2D eigenvalue weighted by atomic mass is 10.0. The van der Waals surface area contributed by atoms with Gasteiger partial charge in [0.15, 0.2) is 0 Å². The molecule has 0 saturated heterocycles. The van der Waals surface area contributed by atoms with E-state index in [-0.39, 0.29) is 6.04 Å². The lowest BCUT2D eigenvalue weighted by Crippen LogP contribution is -2.26. The summed E-state index contributed by atoms with van der Waals surface area (Å²) in [7, 11) is 0. The van der Waals surface area contributed by atoms with E-state index in [1.807, 2.05) is 44.2 Å². The van der Waals surface area contributed by atoms with Gasteiger partial charge in [0.05, 0.1) is 12.0 Å². The molecule has 0 amide bonds. The van der Waals surface area contributed by atoms with Crippen LogP contribution < -0.4 is 10.9 Å².